The van der Waals surface area contributed by atoms with Gasteiger partial charge in [-0.05, 0) is 104 Å². The van der Waals surface area contributed by atoms with E-state index in [-0.39, 0.29) is 59.6 Å². The van der Waals surface area contributed by atoms with Crippen molar-refractivity contribution in [1.82, 2.24) is 14.7 Å². The predicted octanol–water partition coefficient (Wildman–Crippen LogP) is 7.71. The molecule has 1 saturated carbocycles. The predicted molar refractivity (Wildman–Crippen MR) is 228 cm³/mol. The third-order valence-electron chi connectivity index (χ3n) is 13.2. The number of phenolic OH excluding ortho intramolecular Hbond substituents is 2. The van der Waals surface area contributed by atoms with Gasteiger partial charge in [0.05, 0.1) is 42.3 Å². The van der Waals surface area contributed by atoms with Gasteiger partial charge in [-0.15, -0.1) is 11.3 Å². The molecule has 308 valence electrons. The Balaban J connectivity index is 1.11. The zero-order valence-electron chi connectivity index (χ0n) is 33.6. The molecule has 5 aromatic rings. The average molecular weight is 847 g/mol. The quantitative estimate of drug-likeness (QED) is 0.112. The van der Waals surface area contributed by atoms with Crippen molar-refractivity contribution in [2.24, 2.45) is 42.1 Å². The summed E-state index contributed by atoms with van der Waals surface area (Å²) in [6, 6.07) is 17.5. The molecule has 9 rings (SSSR count). The van der Waals surface area contributed by atoms with E-state index in [0.717, 1.165) is 31.7 Å². The number of hydrogen-bond acceptors (Lipinski definition) is 10. The minimum absolute atomic E-state index is 0.132. The van der Waals surface area contributed by atoms with Crippen molar-refractivity contribution in [3.8, 4) is 33.6 Å². The first-order chi connectivity index (χ1) is 28.7. The molecule has 2 saturated heterocycles. The van der Waals surface area contributed by atoms with E-state index in [4.69, 9.17) is 26.2 Å². The highest BCUT2D eigenvalue weighted by molar-refractivity contribution is 7.22. The summed E-state index contributed by atoms with van der Waals surface area (Å²) in [5.41, 5.74) is 2.69. The van der Waals surface area contributed by atoms with Crippen molar-refractivity contribution in [2.45, 2.75) is 33.1 Å². The number of ether oxygens (including phenoxy) is 2. The molecule has 2 N–H and O–H groups in total. The van der Waals surface area contributed by atoms with E-state index in [9.17, 15) is 24.6 Å². The summed E-state index contributed by atoms with van der Waals surface area (Å²) in [5.74, 6) is -3.81. The van der Waals surface area contributed by atoms with Crippen molar-refractivity contribution in [3.05, 3.63) is 100 Å². The Morgan fingerprint density at radius 2 is 1.67 bits per heavy atom. The summed E-state index contributed by atoms with van der Waals surface area (Å²) in [4.78, 5) is 62.0. The van der Waals surface area contributed by atoms with E-state index >= 15 is 4.79 Å². The third-order valence-corrected chi connectivity index (χ3v) is 14.7. The Hall–Kier alpha value is -5.92. The van der Waals surface area contributed by atoms with Crippen LogP contribution in [-0.2, 0) is 32.6 Å². The monoisotopic (exact) mass is 846 g/mol. The molecule has 12 nitrogen and oxygen atoms in total. The van der Waals surface area contributed by atoms with Gasteiger partial charge in [-0.3, -0.25) is 28.8 Å². The summed E-state index contributed by atoms with van der Waals surface area (Å²) in [6.07, 6.45) is 6.68. The molecule has 0 radical (unpaired) electrons. The van der Waals surface area contributed by atoms with Crippen LogP contribution >= 0.6 is 22.9 Å². The topological polar surface area (TPSA) is 151 Å². The number of allylic oxidation sites excluding steroid dienone is 3. The minimum atomic E-state index is -1.27. The second kappa shape index (κ2) is 14.7. The van der Waals surface area contributed by atoms with Crippen LogP contribution in [0.15, 0.2) is 78.4 Å². The maximum absolute atomic E-state index is 15.2. The Kier molecular flexibility index (Phi) is 9.66. The van der Waals surface area contributed by atoms with Crippen LogP contribution in [0.3, 0.4) is 0 Å². The lowest BCUT2D eigenvalue weighted by Crippen LogP contribution is -2.49. The zero-order valence-corrected chi connectivity index (χ0v) is 35.2. The van der Waals surface area contributed by atoms with Gasteiger partial charge < -0.3 is 19.7 Å². The van der Waals surface area contributed by atoms with Crippen LogP contribution in [0.5, 0.6) is 23.0 Å². The Labute approximate surface area is 355 Å². The van der Waals surface area contributed by atoms with E-state index in [1.165, 1.54) is 24.0 Å². The van der Waals surface area contributed by atoms with E-state index in [1.54, 1.807) is 65.5 Å². The molecule has 0 spiro atoms. The number of thiophene rings is 1. The first-order valence-corrected chi connectivity index (χ1v) is 21.0. The number of aromatic nitrogens is 2. The fourth-order valence-corrected chi connectivity index (χ4v) is 11.4. The molecule has 14 heteroatoms. The smallest absolute Gasteiger partial charge is 0.242 e. The van der Waals surface area contributed by atoms with Gasteiger partial charge in [-0.25, -0.2) is 4.90 Å². The summed E-state index contributed by atoms with van der Waals surface area (Å²) in [5, 5.41) is 26.8. The molecule has 4 amide bonds. The number of carbonyl (C=O) groups is 4. The molecular formula is C46H43ClN4O8S. The summed E-state index contributed by atoms with van der Waals surface area (Å²) in [7, 11) is 4.60. The second-order valence-electron chi connectivity index (χ2n) is 16.3. The number of carbonyl (C=O) groups excluding carboxylic acids is 4. The number of anilines is 1. The maximum Gasteiger partial charge on any atom is 0.242 e. The van der Waals surface area contributed by atoms with Crippen LogP contribution in [0.1, 0.15) is 36.5 Å². The number of methoxy groups -OCH3 is 2. The number of aromatic hydroxyl groups is 2. The van der Waals surface area contributed by atoms with Crippen LogP contribution in [0.25, 0.3) is 26.7 Å². The number of nitrogens with zero attached hydrogens (tertiary/aromatic N) is 4. The highest BCUT2D eigenvalue weighted by Gasteiger charge is 2.67. The SMILES string of the molecule is COc1cc(C=CC2C3=CCC4C(=O)N(CCc5ccc(O)cc5)C(=O)C4C3CC3C(=O)N(c4cc(-c5sc6ccc(Cl)cc6c5C)nn4C)C(=O)C23C)cc(OC)c1O. The molecular weight excluding hydrogens is 804 g/mol. The molecule has 2 aromatic heterocycles. The highest BCUT2D eigenvalue weighted by atomic mass is 35.5. The molecule has 4 aliphatic rings. The Morgan fingerprint density at radius 1 is 0.950 bits per heavy atom. The Morgan fingerprint density at radius 3 is 2.37 bits per heavy atom. The number of halogens is 1. The molecule has 6 atom stereocenters. The van der Waals surface area contributed by atoms with Crippen molar-refractivity contribution < 1.29 is 38.9 Å². The second-order valence-corrected chi connectivity index (χ2v) is 17.8. The van der Waals surface area contributed by atoms with E-state index in [2.05, 4.69) is 0 Å². The highest BCUT2D eigenvalue weighted by Crippen LogP contribution is 2.61. The number of likely N-dealkylation sites (tertiary alicyclic amines) is 1. The summed E-state index contributed by atoms with van der Waals surface area (Å²) in [6.45, 7) is 4.02. The molecule has 6 unspecified atom stereocenters. The third kappa shape index (κ3) is 6.03. The first kappa shape index (κ1) is 39.5. The van der Waals surface area contributed by atoms with Crippen molar-refractivity contribution in [2.75, 3.05) is 25.7 Å². The fourth-order valence-electron chi connectivity index (χ4n) is 10.1. The lowest BCUT2D eigenvalue weighted by Gasteiger charge is -2.47. The van der Waals surface area contributed by atoms with Crippen LogP contribution in [0.4, 0.5) is 5.82 Å². The standard InChI is InChI=1S/C46H43ClN4O8S/c1-23-30-20-26(47)9-15-37(30)60-41(23)34-22-38(49(3)48-34)51-43(55)33-21-31-28(12-13-29-39(31)44(56)50(42(29)54)17-16-24-6-10-27(52)11-7-24)32(46(33,2)45(51)57)14-8-25-18-35(58-4)40(53)36(19-25)59-5/h6-12,14-15,18-20,22,29,31-33,39,52-53H,13,16-17,21H2,1-5H3. The lowest BCUT2D eigenvalue weighted by molar-refractivity contribution is -0.140. The largest absolute Gasteiger partial charge is 0.508 e. The number of imide groups is 2. The fraction of sp³-hybridized carbons (Fsp3) is 0.326. The van der Waals surface area contributed by atoms with Crippen LogP contribution < -0.4 is 14.4 Å². The van der Waals surface area contributed by atoms with Gasteiger partial charge in [0, 0.05) is 35.3 Å². The maximum atomic E-state index is 15.2. The van der Waals surface area contributed by atoms with E-state index < -0.39 is 35.0 Å². The van der Waals surface area contributed by atoms with E-state index in [0.29, 0.717) is 34.9 Å². The number of aryl methyl sites for hydroxylation is 2. The molecule has 0 bridgehead atoms. The van der Waals surface area contributed by atoms with Gasteiger partial charge in [-0.2, -0.15) is 5.10 Å². The van der Waals surface area contributed by atoms with Crippen LogP contribution in [-0.4, -0.2) is 69.3 Å². The van der Waals surface area contributed by atoms with Gasteiger partial charge in [0.1, 0.15) is 17.3 Å². The molecule has 60 heavy (non-hydrogen) atoms. The first-order valence-electron chi connectivity index (χ1n) is 19.8. The van der Waals surface area contributed by atoms with Gasteiger partial charge in [0.15, 0.2) is 11.5 Å². The molecule has 2 aliphatic heterocycles. The minimum Gasteiger partial charge on any atom is -0.508 e. The number of benzene rings is 3. The van der Waals surface area contributed by atoms with Crippen LogP contribution in [0.2, 0.25) is 5.02 Å². The normalized spacial score (nSPS) is 25.0. The van der Waals surface area contributed by atoms with Crippen molar-refractivity contribution >= 4 is 68.5 Å². The van der Waals surface area contributed by atoms with Gasteiger partial charge in [0.2, 0.25) is 29.4 Å². The van der Waals surface area contributed by atoms with Gasteiger partial charge in [0.25, 0.3) is 0 Å². The zero-order chi connectivity index (χ0) is 42.4. The number of amides is 4. The Bertz CT molecular complexity index is 2680. The average Bonchev–Trinajstić information content (AvgIpc) is 3.90. The van der Waals surface area contributed by atoms with Crippen molar-refractivity contribution in [3.63, 3.8) is 0 Å². The summed E-state index contributed by atoms with van der Waals surface area (Å²) >= 11 is 7.90. The number of rotatable bonds is 9. The molecule has 3 fully saturated rings. The van der Waals surface area contributed by atoms with Gasteiger partial charge in [-0.1, -0.05) is 47.5 Å². The molecule has 3 aromatic carbocycles. The number of hydrogen-bond donors (Lipinski definition) is 2. The molecule has 2 aliphatic carbocycles. The van der Waals surface area contributed by atoms with Crippen molar-refractivity contribution in [1.29, 1.82) is 0 Å². The van der Waals surface area contributed by atoms with Crippen LogP contribution in [0, 0.1) is 41.9 Å². The summed E-state index contributed by atoms with van der Waals surface area (Å²) < 4.78 is 13.4. The molecule has 4 heterocycles. The lowest BCUT2D eigenvalue weighted by atomic mass is 9.52. The number of fused-ring (bicyclic) bond motifs is 5. The van der Waals surface area contributed by atoms with Gasteiger partial charge >= 0.3 is 0 Å². The van der Waals surface area contributed by atoms with E-state index in [1.807, 2.05) is 50.3 Å². The number of phenols is 2.